The van der Waals surface area contributed by atoms with Crippen LogP contribution < -0.4 is 10.1 Å². The van der Waals surface area contributed by atoms with Crippen molar-refractivity contribution in [3.63, 3.8) is 0 Å². The summed E-state index contributed by atoms with van der Waals surface area (Å²) in [5.74, 6) is -6.36. The van der Waals surface area contributed by atoms with Crippen LogP contribution in [0.15, 0.2) is 72.8 Å². The number of carbonyl (C=O) groups is 4. The van der Waals surface area contributed by atoms with E-state index >= 15 is 0 Å². The molecule has 166 valence electrons. The van der Waals surface area contributed by atoms with Crippen LogP contribution in [0.4, 0.5) is 10.1 Å². The van der Waals surface area contributed by atoms with Gasteiger partial charge in [-0.15, -0.1) is 0 Å². The molecule has 33 heavy (non-hydrogen) atoms. The first-order valence-electron chi connectivity index (χ1n) is 9.99. The Kier molecular flexibility index (Phi) is 5.99. The third kappa shape index (κ3) is 4.10. The first kappa shape index (κ1) is 21.9. The average molecular weight is 447 g/mol. The van der Waals surface area contributed by atoms with Crippen molar-refractivity contribution in [1.82, 2.24) is 0 Å². The highest BCUT2D eigenvalue weighted by Crippen LogP contribution is 2.38. The van der Waals surface area contributed by atoms with Crippen molar-refractivity contribution in [2.75, 3.05) is 12.4 Å². The standard InChI is InChI=1S/C25H18FNO6/c1-32-19-13-7-6-12-18(19)27-24(30)22(29)20(21(28)16-10-4-5-11-17(16)26)23-14-8-2-3-9-15(14)25(31)33-23/h2-13,20,23H,1H3,(H,27,30)/t20-,23+/m0/s1. The van der Waals surface area contributed by atoms with E-state index < -0.39 is 41.3 Å². The van der Waals surface area contributed by atoms with Crippen molar-refractivity contribution in [2.24, 2.45) is 5.92 Å². The Balaban J connectivity index is 1.74. The molecule has 0 aliphatic carbocycles. The van der Waals surface area contributed by atoms with Gasteiger partial charge in [0.25, 0.3) is 5.91 Å². The molecule has 0 saturated carbocycles. The van der Waals surface area contributed by atoms with Gasteiger partial charge in [0.1, 0.15) is 23.6 Å². The number of para-hydroxylation sites is 2. The van der Waals surface area contributed by atoms with Crippen LogP contribution in [0.25, 0.3) is 0 Å². The first-order chi connectivity index (χ1) is 15.9. The smallest absolute Gasteiger partial charge is 0.339 e. The van der Waals surface area contributed by atoms with Gasteiger partial charge in [0.15, 0.2) is 5.78 Å². The van der Waals surface area contributed by atoms with Crippen molar-refractivity contribution < 1.29 is 33.0 Å². The Bertz CT molecular complexity index is 1270. The summed E-state index contributed by atoms with van der Waals surface area (Å²) in [5.41, 5.74) is 0.267. The molecule has 0 radical (unpaired) electrons. The number of cyclic esters (lactones) is 1. The average Bonchev–Trinajstić information content (AvgIpc) is 3.16. The Morgan fingerprint density at radius 2 is 1.64 bits per heavy atom. The number of Topliss-reactive ketones (excluding diaryl/α,β-unsaturated/α-hetero) is 2. The third-order valence-corrected chi connectivity index (χ3v) is 5.31. The Morgan fingerprint density at radius 3 is 2.39 bits per heavy atom. The number of methoxy groups -OCH3 is 1. The second-order valence-electron chi connectivity index (χ2n) is 7.25. The van der Waals surface area contributed by atoms with Gasteiger partial charge < -0.3 is 14.8 Å². The Hall–Kier alpha value is -4.33. The summed E-state index contributed by atoms with van der Waals surface area (Å²) in [6.45, 7) is 0. The number of nitrogens with one attached hydrogen (secondary N) is 1. The number of hydrogen-bond acceptors (Lipinski definition) is 6. The maximum absolute atomic E-state index is 14.4. The molecule has 0 aromatic heterocycles. The lowest BCUT2D eigenvalue weighted by Gasteiger charge is -2.21. The van der Waals surface area contributed by atoms with Gasteiger partial charge in [0, 0.05) is 5.56 Å². The van der Waals surface area contributed by atoms with E-state index in [4.69, 9.17) is 9.47 Å². The molecule has 7 nitrogen and oxygen atoms in total. The van der Waals surface area contributed by atoms with E-state index in [9.17, 15) is 23.6 Å². The summed E-state index contributed by atoms with van der Waals surface area (Å²) in [4.78, 5) is 51.9. The maximum atomic E-state index is 14.4. The second-order valence-corrected chi connectivity index (χ2v) is 7.25. The van der Waals surface area contributed by atoms with E-state index in [-0.39, 0.29) is 22.4 Å². The number of benzene rings is 3. The lowest BCUT2D eigenvalue weighted by Crippen LogP contribution is -2.38. The number of ether oxygens (including phenoxy) is 2. The van der Waals surface area contributed by atoms with Crippen LogP contribution in [0.3, 0.4) is 0 Å². The highest BCUT2D eigenvalue weighted by atomic mass is 19.1. The third-order valence-electron chi connectivity index (χ3n) is 5.31. The van der Waals surface area contributed by atoms with Crippen LogP contribution in [0.5, 0.6) is 5.75 Å². The number of ketones is 2. The minimum absolute atomic E-state index is 0.173. The summed E-state index contributed by atoms with van der Waals surface area (Å²) in [6, 6.07) is 17.7. The molecular weight excluding hydrogens is 429 g/mol. The topological polar surface area (TPSA) is 98.8 Å². The molecule has 0 unspecified atom stereocenters. The molecule has 1 aliphatic heterocycles. The minimum Gasteiger partial charge on any atom is -0.495 e. The fraction of sp³-hybridized carbons (Fsp3) is 0.120. The Morgan fingerprint density at radius 1 is 0.970 bits per heavy atom. The minimum atomic E-state index is -1.79. The molecule has 4 rings (SSSR count). The molecule has 3 aromatic rings. The van der Waals surface area contributed by atoms with Gasteiger partial charge in [-0.25, -0.2) is 9.18 Å². The Labute approximate surface area is 188 Å². The van der Waals surface area contributed by atoms with E-state index in [2.05, 4.69) is 5.32 Å². The number of anilines is 1. The normalized spacial score (nSPS) is 15.2. The first-order valence-corrected chi connectivity index (χ1v) is 9.99. The molecule has 1 aliphatic rings. The van der Waals surface area contributed by atoms with Gasteiger partial charge in [-0.05, 0) is 30.3 Å². The van der Waals surface area contributed by atoms with Gasteiger partial charge >= 0.3 is 5.97 Å². The van der Waals surface area contributed by atoms with Crippen molar-refractivity contribution in [3.8, 4) is 5.75 Å². The molecule has 1 N–H and O–H groups in total. The largest absolute Gasteiger partial charge is 0.495 e. The van der Waals surface area contributed by atoms with Gasteiger partial charge in [0.05, 0.1) is 23.9 Å². The highest BCUT2D eigenvalue weighted by Gasteiger charge is 2.46. The van der Waals surface area contributed by atoms with Crippen molar-refractivity contribution >= 4 is 29.1 Å². The van der Waals surface area contributed by atoms with E-state index in [1.807, 2.05) is 0 Å². The lowest BCUT2D eigenvalue weighted by molar-refractivity contribution is -0.138. The van der Waals surface area contributed by atoms with Crippen LogP contribution in [0, 0.1) is 11.7 Å². The van der Waals surface area contributed by atoms with Crippen LogP contribution in [-0.4, -0.2) is 30.6 Å². The SMILES string of the molecule is COc1ccccc1NC(=O)C(=O)[C@H](C(=O)c1ccccc1F)[C@@H]1OC(=O)c2ccccc21. The maximum Gasteiger partial charge on any atom is 0.339 e. The lowest BCUT2D eigenvalue weighted by atomic mass is 9.84. The van der Waals surface area contributed by atoms with Crippen molar-refractivity contribution in [3.05, 3.63) is 95.3 Å². The van der Waals surface area contributed by atoms with Crippen LogP contribution in [0.2, 0.25) is 0 Å². The molecule has 2 atom stereocenters. The van der Waals surface area contributed by atoms with E-state index in [1.165, 1.54) is 43.5 Å². The molecule has 1 amide bonds. The second kappa shape index (κ2) is 9.04. The van der Waals surface area contributed by atoms with E-state index in [1.54, 1.807) is 30.3 Å². The number of esters is 1. The molecule has 0 spiro atoms. The number of amides is 1. The zero-order valence-electron chi connectivity index (χ0n) is 17.4. The molecule has 8 heteroatoms. The van der Waals surface area contributed by atoms with Gasteiger partial charge in [0.2, 0.25) is 5.78 Å². The van der Waals surface area contributed by atoms with Crippen molar-refractivity contribution in [2.45, 2.75) is 6.10 Å². The number of carbonyl (C=O) groups excluding carboxylic acids is 4. The molecule has 0 fully saturated rings. The summed E-state index contributed by atoms with van der Waals surface area (Å²) in [6.07, 6.45) is -1.38. The zero-order chi connectivity index (χ0) is 23.5. The molecule has 0 bridgehead atoms. The summed E-state index contributed by atoms with van der Waals surface area (Å²) >= 11 is 0. The molecule has 1 heterocycles. The van der Waals surface area contributed by atoms with Crippen molar-refractivity contribution in [1.29, 1.82) is 0 Å². The molecular formula is C25H18FNO6. The summed E-state index contributed by atoms with van der Waals surface area (Å²) in [7, 11) is 1.40. The van der Waals surface area contributed by atoms with Crippen LogP contribution in [-0.2, 0) is 14.3 Å². The fourth-order valence-electron chi connectivity index (χ4n) is 3.72. The predicted octanol–water partition coefficient (Wildman–Crippen LogP) is 3.75. The monoisotopic (exact) mass is 447 g/mol. The highest BCUT2D eigenvalue weighted by molar-refractivity contribution is 6.45. The van der Waals surface area contributed by atoms with Gasteiger partial charge in [-0.1, -0.05) is 42.5 Å². The van der Waals surface area contributed by atoms with Crippen LogP contribution in [0.1, 0.15) is 32.4 Å². The number of hydrogen-bond donors (Lipinski definition) is 1. The number of fused-ring (bicyclic) bond motifs is 1. The quantitative estimate of drug-likeness (QED) is 0.256. The summed E-state index contributed by atoms with van der Waals surface area (Å²) in [5, 5.41) is 2.42. The number of rotatable bonds is 7. The molecule has 3 aromatic carbocycles. The van der Waals surface area contributed by atoms with Gasteiger partial charge in [-0.2, -0.15) is 0 Å². The summed E-state index contributed by atoms with van der Waals surface area (Å²) < 4.78 is 24.9. The van der Waals surface area contributed by atoms with E-state index in [0.717, 1.165) is 6.07 Å². The molecule has 0 saturated heterocycles. The zero-order valence-corrected chi connectivity index (χ0v) is 17.4. The van der Waals surface area contributed by atoms with Gasteiger partial charge in [-0.3, -0.25) is 14.4 Å². The van der Waals surface area contributed by atoms with Crippen LogP contribution >= 0.6 is 0 Å². The van der Waals surface area contributed by atoms with E-state index in [0.29, 0.717) is 5.75 Å². The fourth-order valence-corrected chi connectivity index (χ4v) is 3.72. The number of halogens is 1. The predicted molar refractivity (Wildman–Crippen MR) is 115 cm³/mol.